The Hall–Kier alpha value is -1.36. The van der Waals surface area contributed by atoms with Crippen molar-refractivity contribution in [1.82, 2.24) is 5.43 Å². The highest BCUT2D eigenvalue weighted by Gasteiger charge is 2.05. The van der Waals surface area contributed by atoms with E-state index in [4.69, 9.17) is 23.2 Å². The lowest BCUT2D eigenvalue weighted by Gasteiger charge is -2.01. The molecule has 0 heterocycles. The molecule has 0 aliphatic heterocycles. The van der Waals surface area contributed by atoms with Crippen LogP contribution in [0.15, 0.2) is 52.0 Å². The SMILES string of the molecule is O=C(N/N=C/c1cccc(Cl)c1Cl)c1cccc(Br)c1. The molecule has 0 aromatic heterocycles. The number of benzene rings is 2. The van der Waals surface area contributed by atoms with Crippen molar-refractivity contribution in [3.8, 4) is 0 Å². The summed E-state index contributed by atoms with van der Waals surface area (Å²) in [6.07, 6.45) is 1.45. The summed E-state index contributed by atoms with van der Waals surface area (Å²) >= 11 is 15.2. The number of amides is 1. The van der Waals surface area contributed by atoms with Crippen LogP contribution in [-0.2, 0) is 0 Å². The number of hydrogen-bond acceptors (Lipinski definition) is 2. The van der Waals surface area contributed by atoms with E-state index in [0.717, 1.165) is 4.47 Å². The molecule has 2 rings (SSSR count). The summed E-state index contributed by atoms with van der Waals surface area (Å²) in [7, 11) is 0. The Kier molecular flexibility index (Phi) is 5.17. The Bertz CT molecular complexity index is 674. The van der Waals surface area contributed by atoms with Crippen LogP contribution in [0.4, 0.5) is 0 Å². The van der Waals surface area contributed by atoms with Crippen LogP contribution in [0, 0.1) is 0 Å². The van der Waals surface area contributed by atoms with Crippen LogP contribution in [0.5, 0.6) is 0 Å². The zero-order valence-corrected chi connectivity index (χ0v) is 13.2. The van der Waals surface area contributed by atoms with Gasteiger partial charge in [-0.1, -0.05) is 57.3 Å². The normalized spacial score (nSPS) is 10.8. The van der Waals surface area contributed by atoms with E-state index >= 15 is 0 Å². The molecular weight excluding hydrogens is 363 g/mol. The number of hydrazone groups is 1. The van der Waals surface area contributed by atoms with Gasteiger partial charge in [-0.05, 0) is 24.3 Å². The van der Waals surface area contributed by atoms with E-state index in [-0.39, 0.29) is 5.91 Å². The van der Waals surface area contributed by atoms with Gasteiger partial charge in [-0.25, -0.2) is 5.43 Å². The van der Waals surface area contributed by atoms with Gasteiger partial charge in [-0.3, -0.25) is 4.79 Å². The molecule has 1 N–H and O–H groups in total. The third kappa shape index (κ3) is 3.82. The lowest BCUT2D eigenvalue weighted by molar-refractivity contribution is 0.0955. The number of rotatable bonds is 3. The lowest BCUT2D eigenvalue weighted by atomic mass is 10.2. The van der Waals surface area contributed by atoms with E-state index in [9.17, 15) is 4.79 Å². The van der Waals surface area contributed by atoms with Gasteiger partial charge in [0.15, 0.2) is 0 Å². The highest BCUT2D eigenvalue weighted by molar-refractivity contribution is 9.10. The molecule has 2 aromatic rings. The maximum atomic E-state index is 11.8. The second-order valence-corrected chi connectivity index (χ2v) is 5.55. The Morgan fingerprint density at radius 1 is 1.20 bits per heavy atom. The minimum atomic E-state index is -0.305. The quantitative estimate of drug-likeness (QED) is 0.625. The molecule has 0 aliphatic carbocycles. The van der Waals surface area contributed by atoms with E-state index in [1.165, 1.54) is 6.21 Å². The molecule has 0 radical (unpaired) electrons. The largest absolute Gasteiger partial charge is 0.271 e. The molecule has 6 heteroatoms. The van der Waals surface area contributed by atoms with Crippen LogP contribution in [-0.4, -0.2) is 12.1 Å². The molecule has 0 saturated heterocycles. The molecule has 102 valence electrons. The molecule has 0 atom stereocenters. The van der Waals surface area contributed by atoms with Crippen molar-refractivity contribution < 1.29 is 4.79 Å². The van der Waals surface area contributed by atoms with Gasteiger partial charge in [0.2, 0.25) is 0 Å². The zero-order valence-electron chi connectivity index (χ0n) is 10.1. The first-order valence-electron chi connectivity index (χ1n) is 5.61. The maximum absolute atomic E-state index is 11.8. The summed E-state index contributed by atoms with van der Waals surface area (Å²) < 4.78 is 0.826. The Balaban J connectivity index is 2.07. The molecule has 3 nitrogen and oxygen atoms in total. The highest BCUT2D eigenvalue weighted by Crippen LogP contribution is 2.24. The first kappa shape index (κ1) is 15.0. The van der Waals surface area contributed by atoms with Crippen LogP contribution in [0.25, 0.3) is 0 Å². The topological polar surface area (TPSA) is 41.5 Å². The second-order valence-electron chi connectivity index (χ2n) is 3.85. The Labute approximate surface area is 134 Å². The number of carbonyl (C=O) groups is 1. The zero-order chi connectivity index (χ0) is 14.5. The summed E-state index contributed by atoms with van der Waals surface area (Å²) in [6.45, 7) is 0. The molecule has 0 bridgehead atoms. The molecule has 2 aromatic carbocycles. The fourth-order valence-corrected chi connectivity index (χ4v) is 2.23. The van der Waals surface area contributed by atoms with Gasteiger partial charge >= 0.3 is 0 Å². The molecule has 0 saturated carbocycles. The van der Waals surface area contributed by atoms with Crippen LogP contribution >= 0.6 is 39.1 Å². The van der Waals surface area contributed by atoms with E-state index in [1.54, 1.807) is 36.4 Å². The molecular formula is C14H9BrCl2N2O. The Morgan fingerprint density at radius 3 is 2.70 bits per heavy atom. The monoisotopic (exact) mass is 370 g/mol. The van der Waals surface area contributed by atoms with E-state index in [2.05, 4.69) is 26.5 Å². The average Bonchev–Trinajstić information content (AvgIpc) is 2.43. The summed E-state index contributed by atoms with van der Waals surface area (Å²) in [4.78, 5) is 11.8. The van der Waals surface area contributed by atoms with Crippen molar-refractivity contribution in [3.63, 3.8) is 0 Å². The van der Waals surface area contributed by atoms with E-state index < -0.39 is 0 Å². The number of hydrogen-bond donors (Lipinski definition) is 1. The van der Waals surface area contributed by atoms with Gasteiger partial charge in [-0.2, -0.15) is 5.10 Å². The van der Waals surface area contributed by atoms with Gasteiger partial charge in [0, 0.05) is 15.6 Å². The fraction of sp³-hybridized carbons (Fsp3) is 0. The van der Waals surface area contributed by atoms with Crippen molar-refractivity contribution in [1.29, 1.82) is 0 Å². The van der Waals surface area contributed by atoms with Crippen LogP contribution in [0.2, 0.25) is 10.0 Å². The summed E-state index contributed by atoms with van der Waals surface area (Å²) in [5, 5.41) is 4.70. The standard InChI is InChI=1S/C14H9BrCl2N2O/c15-11-5-1-3-9(7-11)14(20)19-18-8-10-4-2-6-12(16)13(10)17/h1-8H,(H,19,20)/b18-8+. The Morgan fingerprint density at radius 2 is 1.95 bits per heavy atom. The molecule has 0 spiro atoms. The fourth-order valence-electron chi connectivity index (χ4n) is 1.47. The maximum Gasteiger partial charge on any atom is 0.271 e. The molecule has 20 heavy (non-hydrogen) atoms. The van der Waals surface area contributed by atoms with E-state index in [1.807, 2.05) is 6.07 Å². The van der Waals surface area contributed by atoms with Gasteiger partial charge < -0.3 is 0 Å². The van der Waals surface area contributed by atoms with Gasteiger partial charge in [-0.15, -0.1) is 0 Å². The molecule has 0 fully saturated rings. The summed E-state index contributed by atoms with van der Waals surface area (Å²) in [5.41, 5.74) is 3.57. The molecule has 0 unspecified atom stereocenters. The average molecular weight is 372 g/mol. The minimum absolute atomic E-state index is 0.305. The van der Waals surface area contributed by atoms with Crippen molar-refractivity contribution in [2.45, 2.75) is 0 Å². The predicted molar refractivity (Wildman–Crippen MR) is 85.7 cm³/mol. The summed E-state index contributed by atoms with van der Waals surface area (Å²) in [5.74, 6) is -0.305. The van der Waals surface area contributed by atoms with Crippen molar-refractivity contribution in [2.24, 2.45) is 5.10 Å². The van der Waals surface area contributed by atoms with Crippen LogP contribution in [0.1, 0.15) is 15.9 Å². The number of nitrogens with one attached hydrogen (secondary N) is 1. The van der Waals surface area contributed by atoms with Crippen molar-refractivity contribution in [3.05, 3.63) is 68.1 Å². The molecule has 1 amide bonds. The minimum Gasteiger partial charge on any atom is -0.267 e. The predicted octanol–water partition coefficient (Wildman–Crippen LogP) is 4.52. The van der Waals surface area contributed by atoms with E-state index in [0.29, 0.717) is 21.2 Å². The highest BCUT2D eigenvalue weighted by atomic mass is 79.9. The second kappa shape index (κ2) is 6.88. The van der Waals surface area contributed by atoms with Gasteiger partial charge in [0.05, 0.1) is 16.3 Å². The van der Waals surface area contributed by atoms with Crippen molar-refractivity contribution >= 4 is 51.3 Å². The summed E-state index contributed by atoms with van der Waals surface area (Å²) in [6, 6.07) is 12.2. The van der Waals surface area contributed by atoms with Gasteiger partial charge in [0.1, 0.15) is 0 Å². The van der Waals surface area contributed by atoms with Crippen LogP contribution < -0.4 is 5.43 Å². The third-order valence-corrected chi connectivity index (χ3v) is 3.76. The number of nitrogens with zero attached hydrogens (tertiary/aromatic N) is 1. The van der Waals surface area contributed by atoms with Crippen LogP contribution in [0.3, 0.4) is 0 Å². The number of halogens is 3. The smallest absolute Gasteiger partial charge is 0.267 e. The third-order valence-electron chi connectivity index (χ3n) is 2.44. The van der Waals surface area contributed by atoms with Gasteiger partial charge in [0.25, 0.3) is 5.91 Å². The first-order chi connectivity index (χ1) is 9.58. The van der Waals surface area contributed by atoms with Crippen molar-refractivity contribution in [2.75, 3.05) is 0 Å². The first-order valence-corrected chi connectivity index (χ1v) is 7.16. The molecule has 0 aliphatic rings. The lowest BCUT2D eigenvalue weighted by Crippen LogP contribution is -2.17. The number of carbonyl (C=O) groups excluding carboxylic acids is 1.